The van der Waals surface area contributed by atoms with Crippen LogP contribution in [0.4, 0.5) is 0 Å². The first-order valence-electron chi connectivity index (χ1n) is 4.81. The summed E-state index contributed by atoms with van der Waals surface area (Å²) in [7, 11) is 1.50. The predicted molar refractivity (Wildman–Crippen MR) is 55.9 cm³/mol. The Hall–Kier alpha value is -2.06. The molecule has 0 saturated heterocycles. The lowest BCUT2D eigenvalue weighted by Crippen LogP contribution is -2.14. The van der Waals surface area contributed by atoms with E-state index in [9.17, 15) is 0 Å². The minimum absolute atomic E-state index is 0.153. The quantitative estimate of drug-likeness (QED) is 0.731. The average molecular weight is 237 g/mol. The summed E-state index contributed by atoms with van der Waals surface area (Å²) < 4.78 is 9.85. The number of hydrogen-bond acceptors (Lipinski definition) is 8. The van der Waals surface area contributed by atoms with E-state index in [1.165, 1.54) is 13.4 Å². The molecule has 1 atom stereocenters. The zero-order chi connectivity index (χ0) is 12.3. The van der Waals surface area contributed by atoms with Crippen molar-refractivity contribution < 1.29 is 14.4 Å². The van der Waals surface area contributed by atoms with Crippen molar-refractivity contribution in [1.29, 1.82) is 0 Å². The molecule has 2 rings (SSSR count). The van der Waals surface area contributed by atoms with Crippen LogP contribution in [0.1, 0.15) is 11.9 Å². The fraction of sp³-hybridized carbons (Fsp3) is 0.333. The lowest BCUT2D eigenvalue weighted by Gasteiger charge is -1.99. The van der Waals surface area contributed by atoms with Crippen molar-refractivity contribution in [2.45, 2.75) is 6.04 Å². The third-order valence-electron chi connectivity index (χ3n) is 2.04. The number of aliphatic hydroxyl groups excluding tert-OH is 1. The Labute approximate surface area is 96.5 Å². The highest BCUT2D eigenvalue weighted by atomic mass is 16.5. The van der Waals surface area contributed by atoms with Crippen LogP contribution in [0.15, 0.2) is 16.9 Å². The SMILES string of the molecule is COc1cc(-c2noc([C@@H](N)CO)n2)ncn1. The van der Waals surface area contributed by atoms with Crippen molar-refractivity contribution in [2.75, 3.05) is 13.7 Å². The van der Waals surface area contributed by atoms with Crippen LogP contribution in [0, 0.1) is 0 Å². The third-order valence-corrected chi connectivity index (χ3v) is 2.04. The van der Waals surface area contributed by atoms with Crippen LogP contribution in [0.5, 0.6) is 5.88 Å². The molecule has 0 bridgehead atoms. The molecule has 2 aromatic heterocycles. The molecule has 8 nitrogen and oxygen atoms in total. The smallest absolute Gasteiger partial charge is 0.246 e. The first-order chi connectivity index (χ1) is 8.24. The van der Waals surface area contributed by atoms with E-state index in [0.29, 0.717) is 11.6 Å². The number of rotatable bonds is 4. The van der Waals surface area contributed by atoms with E-state index >= 15 is 0 Å². The normalized spacial score (nSPS) is 12.4. The second kappa shape index (κ2) is 4.85. The molecule has 3 N–H and O–H groups in total. The molecule has 0 aliphatic carbocycles. The summed E-state index contributed by atoms with van der Waals surface area (Å²) in [5.41, 5.74) is 5.99. The van der Waals surface area contributed by atoms with Crippen molar-refractivity contribution >= 4 is 0 Å². The predicted octanol–water partition coefficient (Wildman–Crippen LogP) is -0.473. The van der Waals surface area contributed by atoms with Gasteiger partial charge in [0.2, 0.25) is 17.6 Å². The third kappa shape index (κ3) is 2.37. The number of aromatic nitrogens is 4. The molecule has 0 saturated carbocycles. The van der Waals surface area contributed by atoms with E-state index in [-0.39, 0.29) is 18.3 Å². The summed E-state index contributed by atoms with van der Waals surface area (Å²) in [6.45, 7) is -0.269. The van der Waals surface area contributed by atoms with E-state index in [1.54, 1.807) is 6.07 Å². The number of ether oxygens (including phenoxy) is 1. The number of methoxy groups -OCH3 is 1. The van der Waals surface area contributed by atoms with Gasteiger partial charge in [0.05, 0.1) is 13.7 Å². The van der Waals surface area contributed by atoms with E-state index in [1.807, 2.05) is 0 Å². The van der Waals surface area contributed by atoms with Gasteiger partial charge in [0.15, 0.2) is 0 Å². The number of hydrogen-bond donors (Lipinski definition) is 2. The van der Waals surface area contributed by atoms with Crippen molar-refractivity contribution in [1.82, 2.24) is 20.1 Å². The first kappa shape index (κ1) is 11.4. The van der Waals surface area contributed by atoms with Crippen LogP contribution in [-0.2, 0) is 0 Å². The maximum Gasteiger partial charge on any atom is 0.246 e. The molecule has 0 aliphatic rings. The lowest BCUT2D eigenvalue weighted by molar-refractivity contribution is 0.237. The molecule has 2 heterocycles. The molecule has 0 radical (unpaired) electrons. The summed E-state index contributed by atoms with van der Waals surface area (Å²) in [5, 5.41) is 12.6. The van der Waals surface area contributed by atoms with E-state index < -0.39 is 6.04 Å². The summed E-state index contributed by atoms with van der Waals surface area (Å²) in [4.78, 5) is 11.9. The van der Waals surface area contributed by atoms with Crippen LogP contribution < -0.4 is 10.5 Å². The van der Waals surface area contributed by atoms with Crippen LogP contribution in [0.2, 0.25) is 0 Å². The highest BCUT2D eigenvalue weighted by Gasteiger charge is 2.15. The first-order valence-corrected chi connectivity index (χ1v) is 4.81. The van der Waals surface area contributed by atoms with Crippen LogP contribution in [-0.4, -0.2) is 38.9 Å². The van der Waals surface area contributed by atoms with Gasteiger partial charge in [-0.15, -0.1) is 0 Å². The molecule has 2 aromatic rings. The van der Waals surface area contributed by atoms with Gasteiger partial charge in [0.25, 0.3) is 0 Å². The van der Waals surface area contributed by atoms with Gasteiger partial charge in [-0.3, -0.25) is 0 Å². The van der Waals surface area contributed by atoms with E-state index in [4.69, 9.17) is 20.1 Å². The Morgan fingerprint density at radius 3 is 3.06 bits per heavy atom. The Balaban J connectivity index is 2.30. The Kier molecular flexibility index (Phi) is 3.26. The van der Waals surface area contributed by atoms with Crippen molar-refractivity contribution in [3.63, 3.8) is 0 Å². The highest BCUT2D eigenvalue weighted by Crippen LogP contribution is 2.18. The summed E-state index contributed by atoms with van der Waals surface area (Å²) in [5.74, 6) is 0.817. The Morgan fingerprint density at radius 1 is 1.53 bits per heavy atom. The second-order valence-corrected chi connectivity index (χ2v) is 3.19. The Morgan fingerprint density at radius 2 is 2.35 bits per heavy atom. The molecule has 0 fully saturated rings. The highest BCUT2D eigenvalue weighted by molar-refractivity contribution is 5.49. The largest absolute Gasteiger partial charge is 0.481 e. The lowest BCUT2D eigenvalue weighted by atomic mass is 10.3. The van der Waals surface area contributed by atoms with Crippen LogP contribution in [0.3, 0.4) is 0 Å². The van der Waals surface area contributed by atoms with Crippen molar-refractivity contribution in [3.8, 4) is 17.4 Å². The zero-order valence-electron chi connectivity index (χ0n) is 9.07. The molecular formula is C9H11N5O3. The van der Waals surface area contributed by atoms with Gasteiger partial charge < -0.3 is 20.1 Å². The van der Waals surface area contributed by atoms with Crippen molar-refractivity contribution in [3.05, 3.63) is 18.3 Å². The molecule has 17 heavy (non-hydrogen) atoms. The monoisotopic (exact) mass is 237 g/mol. The summed E-state index contributed by atoms with van der Waals surface area (Å²) in [6, 6.07) is 0.874. The minimum atomic E-state index is -0.694. The molecule has 0 unspecified atom stereocenters. The molecule has 0 aromatic carbocycles. The zero-order valence-corrected chi connectivity index (χ0v) is 9.07. The van der Waals surface area contributed by atoms with E-state index in [0.717, 1.165) is 0 Å². The molecule has 0 spiro atoms. The van der Waals surface area contributed by atoms with Gasteiger partial charge in [-0.25, -0.2) is 9.97 Å². The molecule has 0 amide bonds. The summed E-state index contributed by atoms with van der Waals surface area (Å²) in [6.07, 6.45) is 1.33. The maximum atomic E-state index is 8.85. The fourth-order valence-corrected chi connectivity index (χ4v) is 1.14. The van der Waals surface area contributed by atoms with Gasteiger partial charge in [0, 0.05) is 6.07 Å². The average Bonchev–Trinajstić information content (AvgIpc) is 2.87. The van der Waals surface area contributed by atoms with Crippen LogP contribution in [0.25, 0.3) is 11.5 Å². The molecular weight excluding hydrogens is 226 g/mol. The van der Waals surface area contributed by atoms with Gasteiger partial charge in [-0.2, -0.15) is 4.98 Å². The number of nitrogens with zero attached hydrogens (tertiary/aromatic N) is 4. The van der Waals surface area contributed by atoms with Gasteiger partial charge in [0.1, 0.15) is 18.1 Å². The molecule has 0 aliphatic heterocycles. The molecule has 90 valence electrons. The molecule has 8 heteroatoms. The Bertz CT molecular complexity index is 501. The number of aliphatic hydroxyl groups is 1. The summed E-state index contributed by atoms with van der Waals surface area (Å²) >= 11 is 0. The van der Waals surface area contributed by atoms with Gasteiger partial charge in [-0.05, 0) is 0 Å². The van der Waals surface area contributed by atoms with Gasteiger partial charge >= 0.3 is 0 Å². The maximum absolute atomic E-state index is 8.85. The van der Waals surface area contributed by atoms with Crippen LogP contribution >= 0.6 is 0 Å². The topological polar surface area (TPSA) is 120 Å². The van der Waals surface area contributed by atoms with Crippen molar-refractivity contribution in [2.24, 2.45) is 5.73 Å². The second-order valence-electron chi connectivity index (χ2n) is 3.19. The number of nitrogens with two attached hydrogens (primary N) is 1. The standard InChI is InChI=1S/C9H11N5O3/c1-16-7-2-6(11-4-12-7)8-13-9(17-14-8)5(10)3-15/h2,4-5,15H,3,10H2,1H3/t5-/m0/s1. The van der Waals surface area contributed by atoms with Gasteiger partial charge in [-0.1, -0.05) is 5.16 Å². The minimum Gasteiger partial charge on any atom is -0.481 e. The van der Waals surface area contributed by atoms with E-state index in [2.05, 4.69) is 20.1 Å². The fourth-order valence-electron chi connectivity index (χ4n) is 1.14.